The summed E-state index contributed by atoms with van der Waals surface area (Å²) in [7, 11) is 3.69. The maximum Gasteiger partial charge on any atom is 0.235 e. The Balaban J connectivity index is 0.000000503. The summed E-state index contributed by atoms with van der Waals surface area (Å²) in [6.07, 6.45) is 2.56. The van der Waals surface area contributed by atoms with Crippen LogP contribution in [0.4, 0.5) is 46.5 Å². The van der Waals surface area contributed by atoms with Gasteiger partial charge in [0.25, 0.3) is 0 Å². The molecule has 2 aromatic carbocycles. The summed E-state index contributed by atoms with van der Waals surface area (Å²) in [5, 5.41) is 6.47. The average Bonchev–Trinajstić information content (AvgIpc) is 3.47. The molecule has 4 aromatic rings. The van der Waals surface area contributed by atoms with Crippen LogP contribution in [0.2, 0.25) is 10.6 Å². The Hall–Kier alpha value is -3.80. The predicted octanol–water partition coefficient (Wildman–Crippen LogP) is 5.50. The number of rotatable bonds is 0. The number of nitrogens with zero attached hydrogens (tertiary/aromatic N) is 8. The van der Waals surface area contributed by atoms with Crippen LogP contribution in [-0.4, -0.2) is 57.2 Å². The zero-order chi connectivity index (χ0) is 25.8. The summed E-state index contributed by atoms with van der Waals surface area (Å²) in [6.45, 7) is 2.00. The van der Waals surface area contributed by atoms with Crippen LogP contribution in [0.1, 0.15) is 12.8 Å². The van der Waals surface area contributed by atoms with E-state index in [1.807, 2.05) is 72.4 Å². The third kappa shape index (κ3) is 6.13. The molecule has 0 aliphatic carbocycles. The molecule has 2 N–H and O–H groups in total. The average molecular weight is 539 g/mol. The Morgan fingerprint density at radius 1 is 0.676 bits per heavy atom. The molecular formula is C24H24Cl2N10O. The Bertz CT molecular complexity index is 1300. The molecule has 8 bridgehead atoms. The third-order valence-corrected chi connectivity index (χ3v) is 5.94. The largest absolute Gasteiger partial charge is 0.381 e. The van der Waals surface area contributed by atoms with E-state index >= 15 is 0 Å². The van der Waals surface area contributed by atoms with Crippen molar-refractivity contribution in [1.29, 1.82) is 0 Å². The number of fused-ring (bicyclic) bond motifs is 8. The van der Waals surface area contributed by atoms with Crippen molar-refractivity contribution in [1.82, 2.24) is 29.9 Å². The lowest BCUT2D eigenvalue weighted by atomic mass is 10.2. The molecule has 37 heavy (non-hydrogen) atoms. The summed E-state index contributed by atoms with van der Waals surface area (Å²) >= 11 is 12.4. The lowest BCUT2D eigenvalue weighted by molar-refractivity contribution is 0.198. The molecule has 190 valence electrons. The lowest BCUT2D eigenvalue weighted by Gasteiger charge is -2.22. The number of aromatic nitrogens is 6. The van der Waals surface area contributed by atoms with Gasteiger partial charge in [0.05, 0.1) is 0 Å². The maximum atomic E-state index is 6.19. The Kier molecular flexibility index (Phi) is 7.45. The first-order valence-electron chi connectivity index (χ1n) is 11.6. The molecule has 0 radical (unpaired) electrons. The van der Waals surface area contributed by atoms with Gasteiger partial charge in [-0.1, -0.05) is 12.1 Å². The second kappa shape index (κ2) is 11.1. The number of benzene rings is 2. The SMILES string of the molecule is C1CCOC1.CN1c2cccc(c2)N(C)c2nc(Cl)nc(n2)Nc2cccc(c2)Nc2nc(Cl)nc1n2. The van der Waals surface area contributed by atoms with Gasteiger partial charge in [-0.05, 0) is 72.4 Å². The minimum atomic E-state index is 0.0789. The van der Waals surface area contributed by atoms with Crippen molar-refractivity contribution in [2.24, 2.45) is 0 Å². The van der Waals surface area contributed by atoms with E-state index in [-0.39, 0.29) is 10.6 Å². The van der Waals surface area contributed by atoms with Gasteiger partial charge in [-0.2, -0.15) is 29.9 Å². The van der Waals surface area contributed by atoms with Crippen LogP contribution in [-0.2, 0) is 4.74 Å². The fraction of sp³-hybridized carbons (Fsp3) is 0.250. The van der Waals surface area contributed by atoms with E-state index in [1.165, 1.54) is 12.8 Å². The normalized spacial score (nSPS) is 14.3. The van der Waals surface area contributed by atoms with Crippen LogP contribution in [0.25, 0.3) is 0 Å². The zero-order valence-electron chi connectivity index (χ0n) is 20.2. The molecule has 1 fully saturated rings. The maximum absolute atomic E-state index is 6.19. The Labute approximate surface area is 223 Å². The molecule has 0 saturated carbocycles. The van der Waals surface area contributed by atoms with Crippen LogP contribution < -0.4 is 20.4 Å². The molecule has 1 saturated heterocycles. The van der Waals surface area contributed by atoms with Gasteiger partial charge < -0.3 is 25.2 Å². The van der Waals surface area contributed by atoms with Crippen molar-refractivity contribution < 1.29 is 4.74 Å². The van der Waals surface area contributed by atoms with Crippen molar-refractivity contribution in [3.05, 3.63) is 59.1 Å². The highest BCUT2D eigenvalue weighted by atomic mass is 35.5. The smallest absolute Gasteiger partial charge is 0.235 e. The van der Waals surface area contributed by atoms with Crippen LogP contribution in [0, 0.1) is 0 Å². The molecular weight excluding hydrogens is 515 g/mol. The van der Waals surface area contributed by atoms with E-state index in [0.29, 0.717) is 23.8 Å². The summed E-state index contributed by atoms with van der Waals surface area (Å²) < 4.78 is 4.94. The summed E-state index contributed by atoms with van der Waals surface area (Å²) in [4.78, 5) is 29.6. The van der Waals surface area contributed by atoms with Gasteiger partial charge in [0.1, 0.15) is 0 Å². The molecule has 6 rings (SSSR count). The van der Waals surface area contributed by atoms with Crippen molar-refractivity contribution >= 4 is 69.7 Å². The fourth-order valence-electron chi connectivity index (χ4n) is 3.68. The van der Waals surface area contributed by atoms with Gasteiger partial charge in [0, 0.05) is 50.1 Å². The highest BCUT2D eigenvalue weighted by Crippen LogP contribution is 2.30. The van der Waals surface area contributed by atoms with Gasteiger partial charge in [0.15, 0.2) is 0 Å². The van der Waals surface area contributed by atoms with Gasteiger partial charge in [-0.25, -0.2) is 0 Å². The number of nitrogens with one attached hydrogen (secondary N) is 2. The van der Waals surface area contributed by atoms with E-state index in [4.69, 9.17) is 27.9 Å². The van der Waals surface area contributed by atoms with Gasteiger partial charge in [0.2, 0.25) is 34.4 Å². The molecule has 2 aliphatic heterocycles. The number of hydrogen-bond donors (Lipinski definition) is 2. The van der Waals surface area contributed by atoms with E-state index in [0.717, 1.165) is 36.0 Å². The molecule has 4 heterocycles. The first kappa shape index (κ1) is 24.9. The highest BCUT2D eigenvalue weighted by molar-refractivity contribution is 6.28. The summed E-state index contributed by atoms with van der Waals surface area (Å²) in [5.74, 6) is 1.41. The molecule has 0 unspecified atom stereocenters. The van der Waals surface area contributed by atoms with E-state index in [9.17, 15) is 0 Å². The van der Waals surface area contributed by atoms with Crippen LogP contribution in [0.15, 0.2) is 48.5 Å². The zero-order valence-corrected chi connectivity index (χ0v) is 21.7. The lowest BCUT2D eigenvalue weighted by Crippen LogP contribution is -2.17. The molecule has 11 nitrogen and oxygen atoms in total. The van der Waals surface area contributed by atoms with Crippen molar-refractivity contribution in [3.63, 3.8) is 0 Å². The minimum Gasteiger partial charge on any atom is -0.381 e. The molecule has 0 amide bonds. The monoisotopic (exact) mass is 538 g/mol. The quantitative estimate of drug-likeness (QED) is 0.295. The molecule has 0 spiro atoms. The number of anilines is 8. The molecule has 13 heteroatoms. The van der Waals surface area contributed by atoms with Crippen LogP contribution in [0.3, 0.4) is 0 Å². The molecule has 2 aromatic heterocycles. The second-order valence-electron chi connectivity index (χ2n) is 8.24. The fourth-order valence-corrected chi connectivity index (χ4v) is 3.99. The number of ether oxygens (including phenoxy) is 1. The van der Waals surface area contributed by atoms with Crippen LogP contribution >= 0.6 is 23.2 Å². The van der Waals surface area contributed by atoms with E-state index in [1.54, 1.807) is 0 Å². The van der Waals surface area contributed by atoms with Gasteiger partial charge in [-0.3, -0.25) is 0 Å². The molecule has 0 atom stereocenters. The highest BCUT2D eigenvalue weighted by Gasteiger charge is 2.16. The second-order valence-corrected chi connectivity index (χ2v) is 8.92. The number of halogens is 2. The van der Waals surface area contributed by atoms with E-state index in [2.05, 4.69) is 40.5 Å². The summed E-state index contributed by atoms with van der Waals surface area (Å²) in [6, 6.07) is 15.2. The van der Waals surface area contributed by atoms with Crippen LogP contribution in [0.5, 0.6) is 0 Å². The third-order valence-electron chi connectivity index (χ3n) is 5.60. The first-order valence-corrected chi connectivity index (χ1v) is 12.3. The first-order chi connectivity index (χ1) is 17.9. The Morgan fingerprint density at radius 3 is 1.62 bits per heavy atom. The molecule has 2 aliphatic rings. The van der Waals surface area contributed by atoms with Crippen molar-refractivity contribution in [2.75, 3.05) is 47.7 Å². The standard InChI is InChI=1S/C20H16Cl2N10.C4H8O/c1-31-13-7-4-8-14(10-13)32(2)20-28-16(22)26-18(30-20)24-12-6-3-5-11(9-12)23-17-25-15(21)27-19(31)29-17;1-2-4-5-3-1/h3-10H,1-2H3,(H,23,25,27,29)(H,24,26,28,30);1-4H2. The predicted molar refractivity (Wildman–Crippen MR) is 145 cm³/mol. The summed E-state index contributed by atoms with van der Waals surface area (Å²) in [5.41, 5.74) is 3.13. The van der Waals surface area contributed by atoms with Crippen molar-refractivity contribution in [2.45, 2.75) is 12.8 Å². The topological polar surface area (TPSA) is 117 Å². The van der Waals surface area contributed by atoms with Gasteiger partial charge in [-0.15, -0.1) is 0 Å². The Morgan fingerprint density at radius 2 is 1.16 bits per heavy atom. The van der Waals surface area contributed by atoms with Gasteiger partial charge >= 0.3 is 0 Å². The minimum absolute atomic E-state index is 0.0789. The number of hydrogen-bond acceptors (Lipinski definition) is 11. The van der Waals surface area contributed by atoms with Crippen molar-refractivity contribution in [3.8, 4) is 0 Å². The van der Waals surface area contributed by atoms with E-state index < -0.39 is 0 Å².